The van der Waals surface area contributed by atoms with Crippen LogP contribution in [0.15, 0.2) is 54.6 Å². The molecule has 3 aromatic rings. The van der Waals surface area contributed by atoms with Crippen molar-refractivity contribution in [1.82, 2.24) is 10.3 Å². The Labute approximate surface area is 185 Å². The second-order valence-electron chi connectivity index (χ2n) is 8.99. The van der Waals surface area contributed by atoms with Crippen LogP contribution in [0.4, 0.5) is 11.5 Å². The molecule has 1 saturated carbocycles. The Morgan fingerprint density at radius 3 is 2.32 bits per heavy atom. The molecule has 4 heteroatoms. The second kappa shape index (κ2) is 9.95. The number of fused-ring (bicyclic) bond motifs is 1. The Balaban J connectivity index is 1.59. The maximum atomic E-state index is 13.3. The van der Waals surface area contributed by atoms with E-state index in [1.54, 1.807) is 0 Å². The molecule has 0 atom stereocenters. The van der Waals surface area contributed by atoms with Gasteiger partial charge < -0.3 is 10.6 Å². The number of carbonyl (C=O) groups is 1. The maximum Gasteiger partial charge on any atom is 0.252 e. The first-order chi connectivity index (χ1) is 15.1. The Morgan fingerprint density at radius 1 is 0.935 bits per heavy atom. The molecule has 0 bridgehead atoms. The molecule has 4 nitrogen and oxygen atoms in total. The number of benzene rings is 2. The summed E-state index contributed by atoms with van der Waals surface area (Å²) in [6.45, 7) is 4.38. The molecule has 31 heavy (non-hydrogen) atoms. The van der Waals surface area contributed by atoms with Crippen molar-refractivity contribution in [2.75, 3.05) is 5.32 Å². The average molecular weight is 416 g/mol. The van der Waals surface area contributed by atoms with Crippen molar-refractivity contribution in [3.05, 3.63) is 65.7 Å². The van der Waals surface area contributed by atoms with Crippen molar-refractivity contribution in [2.45, 2.75) is 70.8 Å². The van der Waals surface area contributed by atoms with E-state index in [0.29, 0.717) is 17.3 Å². The molecule has 1 amide bonds. The van der Waals surface area contributed by atoms with Crippen LogP contribution < -0.4 is 10.6 Å². The van der Waals surface area contributed by atoms with Gasteiger partial charge in [-0.2, -0.15) is 0 Å². The van der Waals surface area contributed by atoms with Crippen LogP contribution in [0.2, 0.25) is 0 Å². The van der Waals surface area contributed by atoms with E-state index in [1.165, 1.54) is 37.7 Å². The third-order valence-electron chi connectivity index (χ3n) is 6.25. The lowest BCUT2D eigenvalue weighted by molar-refractivity contribution is 0.0932. The summed E-state index contributed by atoms with van der Waals surface area (Å²) >= 11 is 0. The zero-order valence-corrected chi connectivity index (χ0v) is 18.7. The van der Waals surface area contributed by atoms with Gasteiger partial charge in [0.2, 0.25) is 0 Å². The quantitative estimate of drug-likeness (QED) is 0.474. The van der Waals surface area contributed by atoms with Gasteiger partial charge in [-0.05, 0) is 48.6 Å². The number of hydrogen-bond donors (Lipinski definition) is 2. The van der Waals surface area contributed by atoms with Crippen molar-refractivity contribution in [2.24, 2.45) is 0 Å². The molecule has 1 heterocycles. The average Bonchev–Trinajstić information content (AvgIpc) is 2.75. The van der Waals surface area contributed by atoms with E-state index in [9.17, 15) is 4.79 Å². The van der Waals surface area contributed by atoms with Crippen molar-refractivity contribution < 1.29 is 4.79 Å². The van der Waals surface area contributed by atoms with Gasteiger partial charge in [-0.25, -0.2) is 4.98 Å². The summed E-state index contributed by atoms with van der Waals surface area (Å²) in [6.07, 6.45) is 8.40. The zero-order valence-electron chi connectivity index (χ0n) is 18.7. The highest BCUT2D eigenvalue weighted by atomic mass is 16.1. The number of rotatable bonds is 5. The van der Waals surface area contributed by atoms with Gasteiger partial charge in [0.25, 0.3) is 5.91 Å². The van der Waals surface area contributed by atoms with Gasteiger partial charge in [-0.3, -0.25) is 4.79 Å². The normalized spacial score (nSPS) is 15.5. The summed E-state index contributed by atoms with van der Waals surface area (Å²) in [5.41, 5.74) is 3.79. The zero-order chi connectivity index (χ0) is 21.6. The number of carbonyl (C=O) groups excluding carboxylic acids is 1. The number of hydrogen-bond acceptors (Lipinski definition) is 3. The smallest absolute Gasteiger partial charge is 0.252 e. The van der Waals surface area contributed by atoms with Crippen LogP contribution in [0, 0.1) is 0 Å². The van der Waals surface area contributed by atoms with Crippen LogP contribution in [-0.2, 0) is 0 Å². The Hall–Kier alpha value is -2.88. The monoisotopic (exact) mass is 415 g/mol. The predicted octanol–water partition coefficient (Wildman–Crippen LogP) is 6.94. The minimum Gasteiger partial charge on any atom is -0.349 e. The van der Waals surface area contributed by atoms with Crippen LogP contribution in [0.25, 0.3) is 10.9 Å². The molecule has 1 fully saturated rings. The Kier molecular flexibility index (Phi) is 6.86. The summed E-state index contributed by atoms with van der Waals surface area (Å²) in [5, 5.41) is 7.59. The summed E-state index contributed by atoms with van der Waals surface area (Å²) < 4.78 is 0. The third-order valence-corrected chi connectivity index (χ3v) is 6.25. The molecule has 4 rings (SSSR count). The molecule has 0 saturated heterocycles. The minimum absolute atomic E-state index is 0.00220. The lowest BCUT2D eigenvalue weighted by Gasteiger charge is -2.21. The van der Waals surface area contributed by atoms with Crippen molar-refractivity contribution in [3.8, 4) is 0 Å². The van der Waals surface area contributed by atoms with E-state index in [4.69, 9.17) is 4.98 Å². The van der Waals surface area contributed by atoms with Crippen LogP contribution in [0.3, 0.4) is 0 Å². The van der Waals surface area contributed by atoms with E-state index in [2.05, 4.69) is 48.7 Å². The standard InChI is InChI=1S/C27H33N3O/c1-19(2)20-14-16-22(17-15-20)28-26-18-24(23-12-8-9-13-25(23)30-26)27(31)29-21-10-6-4-3-5-7-11-21/h8-9,12-19,21H,3-7,10-11H2,1-2H3,(H,28,30)(H,29,31). The lowest BCUT2D eigenvalue weighted by atomic mass is 9.96. The van der Waals surface area contributed by atoms with Crippen molar-refractivity contribution >= 4 is 28.3 Å². The first-order valence-electron chi connectivity index (χ1n) is 11.7. The van der Waals surface area contributed by atoms with E-state index >= 15 is 0 Å². The molecule has 0 radical (unpaired) electrons. The summed E-state index contributed by atoms with van der Waals surface area (Å²) in [7, 11) is 0. The van der Waals surface area contributed by atoms with Crippen molar-refractivity contribution in [1.29, 1.82) is 0 Å². The molecule has 2 aromatic carbocycles. The fraction of sp³-hybridized carbons (Fsp3) is 0.407. The SMILES string of the molecule is CC(C)c1ccc(Nc2cc(C(=O)NC3CCCCCCC3)c3ccccc3n2)cc1. The highest BCUT2D eigenvalue weighted by Gasteiger charge is 2.18. The van der Waals surface area contributed by atoms with Gasteiger partial charge in [0.1, 0.15) is 5.82 Å². The number of aromatic nitrogens is 1. The first-order valence-corrected chi connectivity index (χ1v) is 11.7. The van der Waals surface area contributed by atoms with Crippen LogP contribution >= 0.6 is 0 Å². The topological polar surface area (TPSA) is 54.0 Å². The van der Waals surface area contributed by atoms with Gasteiger partial charge in [0.05, 0.1) is 11.1 Å². The van der Waals surface area contributed by atoms with E-state index < -0.39 is 0 Å². The summed E-state index contributed by atoms with van der Waals surface area (Å²) in [4.78, 5) is 18.0. The van der Waals surface area contributed by atoms with Crippen LogP contribution in [0.1, 0.15) is 80.6 Å². The van der Waals surface area contributed by atoms with Gasteiger partial charge in [0.15, 0.2) is 0 Å². The Morgan fingerprint density at radius 2 is 1.61 bits per heavy atom. The number of amides is 1. The molecule has 0 unspecified atom stereocenters. The van der Waals surface area contributed by atoms with Crippen LogP contribution in [0.5, 0.6) is 0 Å². The molecule has 1 aromatic heterocycles. The van der Waals surface area contributed by atoms with Gasteiger partial charge in [0, 0.05) is 17.1 Å². The highest BCUT2D eigenvalue weighted by Crippen LogP contribution is 2.25. The van der Waals surface area contributed by atoms with Crippen molar-refractivity contribution in [3.63, 3.8) is 0 Å². The van der Waals surface area contributed by atoms with Gasteiger partial charge in [-0.1, -0.05) is 76.3 Å². The molecule has 1 aliphatic rings. The molecule has 0 spiro atoms. The predicted molar refractivity (Wildman–Crippen MR) is 129 cm³/mol. The summed E-state index contributed by atoms with van der Waals surface area (Å²) in [5.74, 6) is 1.19. The van der Waals surface area contributed by atoms with Crippen LogP contribution in [-0.4, -0.2) is 16.9 Å². The third kappa shape index (κ3) is 5.43. The highest BCUT2D eigenvalue weighted by molar-refractivity contribution is 6.07. The summed E-state index contributed by atoms with van der Waals surface area (Å²) in [6, 6.07) is 18.4. The first kappa shape index (κ1) is 21.4. The molecule has 0 aliphatic heterocycles. The maximum absolute atomic E-state index is 13.3. The number of nitrogens with zero attached hydrogens (tertiary/aromatic N) is 1. The second-order valence-corrected chi connectivity index (χ2v) is 8.99. The van der Waals surface area contributed by atoms with E-state index in [0.717, 1.165) is 29.4 Å². The Bertz CT molecular complexity index is 1020. The molecular weight excluding hydrogens is 382 g/mol. The number of para-hydroxylation sites is 1. The van der Waals surface area contributed by atoms with Gasteiger partial charge in [-0.15, -0.1) is 0 Å². The molecular formula is C27H33N3O. The largest absolute Gasteiger partial charge is 0.349 e. The fourth-order valence-electron chi connectivity index (χ4n) is 4.39. The van der Waals surface area contributed by atoms with E-state index in [1.807, 2.05) is 30.3 Å². The molecule has 1 aliphatic carbocycles. The lowest BCUT2D eigenvalue weighted by Crippen LogP contribution is -2.35. The molecule has 2 N–H and O–H groups in total. The number of anilines is 2. The number of nitrogens with one attached hydrogen (secondary N) is 2. The molecule has 162 valence electrons. The number of pyridine rings is 1. The van der Waals surface area contributed by atoms with Gasteiger partial charge >= 0.3 is 0 Å². The fourth-order valence-corrected chi connectivity index (χ4v) is 4.39. The van der Waals surface area contributed by atoms with E-state index in [-0.39, 0.29) is 11.9 Å². The minimum atomic E-state index is 0.00220.